The number of nitrogens with zero attached hydrogens (tertiary/aromatic N) is 2. The Morgan fingerprint density at radius 2 is 0.697 bits per heavy atom. The molecule has 3 heterocycles. The Morgan fingerprint density at radius 1 is 0.404 bits per heavy atom. The number of unbranched alkanes of at least 4 members (excludes halogenated alkanes) is 6. The summed E-state index contributed by atoms with van der Waals surface area (Å²) in [6, 6.07) is -12.1. The van der Waals surface area contributed by atoms with Crippen LogP contribution >= 0.6 is 0 Å². The summed E-state index contributed by atoms with van der Waals surface area (Å²) >= 11 is 0. The molecule has 3 aliphatic heterocycles. The van der Waals surface area contributed by atoms with Gasteiger partial charge < -0.3 is 90.0 Å². The van der Waals surface area contributed by atoms with Gasteiger partial charge in [-0.3, -0.25) is 81.5 Å². The number of amides is 16. The Labute approximate surface area is 638 Å². The Bertz CT molecular complexity index is 3270. The first-order valence-electron chi connectivity index (χ1n) is 37.9. The lowest BCUT2D eigenvalue weighted by Crippen LogP contribution is -2.59. The number of hydrogen-bond acceptors (Lipinski definition) is 18. The highest BCUT2D eigenvalue weighted by Gasteiger charge is 2.41. The maximum absolute atomic E-state index is 15.1. The van der Waals surface area contributed by atoms with Crippen molar-refractivity contribution in [1.29, 1.82) is 0 Å². The molecule has 0 aromatic carbocycles. The van der Waals surface area contributed by atoms with Crippen molar-refractivity contribution in [1.82, 2.24) is 84.2 Å². The molecule has 0 saturated carbocycles. The zero-order valence-corrected chi connectivity index (χ0v) is 62.8. The molecular formula is C75H113N17O17. The van der Waals surface area contributed by atoms with Crippen LogP contribution in [0.4, 0.5) is 0 Å². The van der Waals surface area contributed by atoms with Gasteiger partial charge in [-0.05, 0) is 155 Å². The molecule has 9 atom stereocenters. The van der Waals surface area contributed by atoms with E-state index >= 15 is 9.59 Å². The number of carbonyl (C=O) groups excluding carboxylic acids is 17. The van der Waals surface area contributed by atoms with Crippen molar-refractivity contribution < 1.29 is 81.5 Å². The number of nitrogens with two attached hydrogens (primary N) is 1. The van der Waals surface area contributed by atoms with Crippen LogP contribution in [0.5, 0.6) is 0 Å². The minimum Gasteiger partial charge on any atom is -0.356 e. The second kappa shape index (κ2) is 54.0. The van der Waals surface area contributed by atoms with Gasteiger partial charge in [0, 0.05) is 97.2 Å². The lowest BCUT2D eigenvalue weighted by molar-refractivity contribution is -0.142. The van der Waals surface area contributed by atoms with Crippen LogP contribution in [0.1, 0.15) is 200 Å². The van der Waals surface area contributed by atoms with Gasteiger partial charge in [0.25, 0.3) is 5.91 Å². The first-order chi connectivity index (χ1) is 52.4. The minimum atomic E-state index is -1.47. The van der Waals surface area contributed by atoms with Crippen molar-refractivity contribution in [2.24, 2.45) is 5.73 Å². The lowest BCUT2D eigenvalue weighted by Gasteiger charge is -2.30. The smallest absolute Gasteiger partial charge is 0.284 e. The van der Waals surface area contributed by atoms with Crippen LogP contribution in [0.15, 0.2) is 0 Å². The number of aldehydes is 1. The van der Waals surface area contributed by atoms with Gasteiger partial charge in [0.15, 0.2) is 0 Å². The first-order valence-corrected chi connectivity index (χ1v) is 37.9. The molecule has 16 amide bonds. The van der Waals surface area contributed by atoms with Crippen LogP contribution in [0.3, 0.4) is 0 Å². The van der Waals surface area contributed by atoms with Crippen molar-refractivity contribution in [2.75, 3.05) is 65.4 Å². The van der Waals surface area contributed by atoms with Gasteiger partial charge in [-0.25, -0.2) is 0 Å². The van der Waals surface area contributed by atoms with Crippen molar-refractivity contribution in [3.8, 4) is 49.4 Å². The van der Waals surface area contributed by atoms with Gasteiger partial charge in [-0.15, -0.1) is 49.4 Å². The third-order valence-corrected chi connectivity index (χ3v) is 18.3. The fourth-order valence-corrected chi connectivity index (χ4v) is 12.3. The van der Waals surface area contributed by atoms with Crippen LogP contribution in [-0.4, -0.2) is 230 Å². The zero-order valence-electron chi connectivity index (χ0n) is 62.8. The van der Waals surface area contributed by atoms with Gasteiger partial charge in [0.1, 0.15) is 54.4 Å². The molecule has 0 aliphatic carbocycles. The molecule has 0 aromatic heterocycles. The van der Waals surface area contributed by atoms with Gasteiger partial charge >= 0.3 is 0 Å². The summed E-state index contributed by atoms with van der Waals surface area (Å²) in [7, 11) is 0. The number of fused-ring (bicyclic) bond motifs is 2. The second-order valence-electron chi connectivity index (χ2n) is 26.9. The molecule has 0 spiro atoms. The van der Waals surface area contributed by atoms with E-state index in [1.54, 1.807) is 0 Å². The minimum absolute atomic E-state index is 0.0103. The second-order valence-corrected chi connectivity index (χ2v) is 26.9. The molecule has 3 aliphatic rings. The number of rotatable bonds is 38. The van der Waals surface area contributed by atoms with Gasteiger partial charge in [0.05, 0.1) is 13.1 Å². The number of hydrogen-bond donors (Lipinski definition) is 15. The molecule has 0 unspecified atom stereocenters. The van der Waals surface area contributed by atoms with E-state index in [4.69, 9.17) is 31.4 Å². The number of carbonyl (C=O) groups is 17. The summed E-state index contributed by atoms with van der Waals surface area (Å²) in [5.74, 6) is -1.57. The van der Waals surface area contributed by atoms with E-state index in [-0.39, 0.29) is 236 Å². The quantitative estimate of drug-likeness (QED) is 0.0127. The van der Waals surface area contributed by atoms with Crippen molar-refractivity contribution >= 4 is 101 Å². The van der Waals surface area contributed by atoms with E-state index in [2.05, 4.69) is 98.1 Å². The summed E-state index contributed by atoms with van der Waals surface area (Å²) < 4.78 is 0. The van der Waals surface area contributed by atoms with Gasteiger partial charge in [-0.1, -0.05) is 0 Å². The van der Waals surface area contributed by atoms with E-state index in [1.165, 1.54) is 16.7 Å². The largest absolute Gasteiger partial charge is 0.356 e. The summed E-state index contributed by atoms with van der Waals surface area (Å²) in [5.41, 5.74) is 5.84. The fourth-order valence-electron chi connectivity index (χ4n) is 12.3. The average molecular weight is 1520 g/mol. The third-order valence-electron chi connectivity index (χ3n) is 18.3. The SMILES string of the molecule is C#CCCC(=O)NCCCC[C@@H]1NC(=O)CNC(=O)[C@@H]2CCCN2C(=O)[C@H](CCCCNC(=O)CCC#C)NC(=O)[C@H](CCCCNC(=O)CCC#C)NC(=O)[C@H](CCCCNC(=O)C=O)NC(=O)[C@H](CCCCN)NC(=O)CNC(=O)[C@@H]2CCCN2C(=O)[C@H](CCCCNC(=O)CCC#C)NC(=O)[C@H](C)NC1=O. The monoisotopic (exact) mass is 1520 g/mol. The summed E-state index contributed by atoms with van der Waals surface area (Å²) in [4.78, 5) is 234. The normalized spacial score (nSPS) is 21.6. The highest BCUT2D eigenvalue weighted by Crippen LogP contribution is 2.23. The molecule has 0 radical (unpaired) electrons. The molecule has 34 nitrogen and oxygen atoms in total. The third kappa shape index (κ3) is 37.2. The summed E-state index contributed by atoms with van der Waals surface area (Å²) in [6.07, 6.45) is 26.0. The highest BCUT2D eigenvalue weighted by atomic mass is 16.2. The van der Waals surface area contributed by atoms with Crippen LogP contribution in [-0.2, 0) is 81.5 Å². The average Bonchev–Trinajstić information content (AvgIpc) is 1.71. The van der Waals surface area contributed by atoms with Crippen molar-refractivity contribution in [2.45, 2.75) is 254 Å². The van der Waals surface area contributed by atoms with Gasteiger partial charge in [-0.2, -0.15) is 0 Å². The van der Waals surface area contributed by atoms with Gasteiger partial charge in [0.2, 0.25) is 94.9 Å². The Morgan fingerprint density at radius 3 is 1.03 bits per heavy atom. The molecule has 3 rings (SSSR count). The predicted octanol–water partition coefficient (Wildman–Crippen LogP) is -2.96. The number of terminal acetylenes is 4. The van der Waals surface area contributed by atoms with E-state index in [0.717, 1.165) is 0 Å². The van der Waals surface area contributed by atoms with E-state index < -0.39 is 138 Å². The molecule has 16 N–H and O–H groups in total. The Kier molecular flexibility index (Phi) is 45.9. The maximum atomic E-state index is 15.1. The first kappa shape index (κ1) is 92.6. The highest BCUT2D eigenvalue weighted by molar-refractivity contribution is 6.23. The molecule has 3 fully saturated rings. The van der Waals surface area contributed by atoms with Crippen LogP contribution in [0.25, 0.3) is 0 Å². The number of nitrogens with one attached hydrogen (secondary N) is 14. The zero-order chi connectivity index (χ0) is 80.3. The molecule has 0 aromatic rings. The molecule has 0 bridgehead atoms. The fraction of sp³-hybridized carbons (Fsp3) is 0.667. The van der Waals surface area contributed by atoms with Crippen LogP contribution < -0.4 is 80.2 Å². The van der Waals surface area contributed by atoms with Crippen molar-refractivity contribution in [3.05, 3.63) is 0 Å². The van der Waals surface area contributed by atoms with E-state index in [0.29, 0.717) is 38.5 Å². The molecule has 34 heteroatoms. The topological polar surface area (TPSA) is 491 Å². The van der Waals surface area contributed by atoms with Crippen LogP contribution in [0.2, 0.25) is 0 Å². The Balaban J connectivity index is 2.21. The maximum Gasteiger partial charge on any atom is 0.284 e. The van der Waals surface area contributed by atoms with Crippen molar-refractivity contribution in [3.63, 3.8) is 0 Å². The summed E-state index contributed by atoms with van der Waals surface area (Å²) in [5, 5.41) is 37.3. The van der Waals surface area contributed by atoms with E-state index in [1.807, 2.05) is 0 Å². The van der Waals surface area contributed by atoms with Crippen LogP contribution in [0, 0.1) is 49.4 Å². The van der Waals surface area contributed by atoms with E-state index in [9.17, 15) is 71.9 Å². The molecule has 600 valence electrons. The lowest BCUT2D eigenvalue weighted by atomic mass is 10.0. The molecular weight excluding hydrogens is 1410 g/mol. The summed E-state index contributed by atoms with van der Waals surface area (Å²) in [6.45, 7) is 0.796. The molecule has 109 heavy (non-hydrogen) atoms. The molecule has 3 saturated heterocycles. The Hall–Kier alpha value is -10.6. The standard InChI is InChI=1S/C75H113N17O17/c1-6-10-36-60(94)77-41-21-15-29-52-68(102)84-51(5)67(101)89-56(32-18-24-43-79-62(96)38-12-8-3)74(108)91-46-26-34-58(91)72(106)83-49-65(99)86-53(28-14-20-40-76)69(103)87-54(30-17-23-45-81-66(100)50-93)70(104)88-55(31-16-22-42-78-61(95)37-11-7-2)71(105)90-57(33-19-25-44-80-63(97)39-13-9-4)75(109)92-47-27-35-59(92)73(107)82-48-64(98)85-52/h1-4,50-59H,10-49,76H2,5H3,(H,77,94)(H,78,95)(H,79,96)(H,80,97)(H,81,100)(H,82,107)(H,83,106)(H,84,102)(H,85,98)(H,86,99)(H,87,103)(H,88,104)(H,89,101)(H,90,105)/t51-,52-,53-,54-,55-,56-,57-,58-,59-/m0/s1. The predicted molar refractivity (Wildman–Crippen MR) is 400 cm³/mol.